The maximum atomic E-state index is 12.1. The number of aromatic carboxylic acids is 1. The smallest absolute Gasteiger partial charge is 0.341 e. The first-order chi connectivity index (χ1) is 8.97. The number of pyridine rings is 1. The van der Waals surface area contributed by atoms with Crippen molar-refractivity contribution in [2.75, 3.05) is 7.11 Å². The number of rotatable bonds is 3. The van der Waals surface area contributed by atoms with E-state index < -0.39 is 11.5 Å². The van der Waals surface area contributed by atoms with Crippen LogP contribution in [0.15, 0.2) is 23.1 Å². The van der Waals surface area contributed by atoms with E-state index in [9.17, 15) is 9.59 Å². The zero-order chi connectivity index (χ0) is 14.0. The Labute approximate surface area is 111 Å². The van der Waals surface area contributed by atoms with Crippen LogP contribution in [0.25, 0.3) is 0 Å². The third-order valence-corrected chi connectivity index (χ3v) is 4.10. The van der Waals surface area contributed by atoms with Crippen molar-refractivity contribution in [1.82, 2.24) is 4.57 Å². The minimum absolute atomic E-state index is 0.0648. The van der Waals surface area contributed by atoms with Gasteiger partial charge in [0.25, 0.3) is 5.56 Å². The number of hydrogen-bond acceptors (Lipinski definition) is 3. The van der Waals surface area contributed by atoms with Gasteiger partial charge in [-0.25, -0.2) is 4.79 Å². The van der Waals surface area contributed by atoms with Crippen LogP contribution in [-0.4, -0.2) is 28.4 Å². The summed E-state index contributed by atoms with van der Waals surface area (Å²) in [5, 5.41) is 8.98. The summed E-state index contributed by atoms with van der Waals surface area (Å²) in [6.45, 7) is 2.07. The van der Waals surface area contributed by atoms with E-state index in [2.05, 4.69) is 6.92 Å². The zero-order valence-electron chi connectivity index (χ0n) is 11.3. The average molecular weight is 265 g/mol. The van der Waals surface area contributed by atoms with Gasteiger partial charge in [0, 0.05) is 19.3 Å². The first kappa shape index (κ1) is 13.8. The first-order valence-electron chi connectivity index (χ1n) is 6.46. The molecule has 0 bridgehead atoms. The number of hydrogen-bond donors (Lipinski definition) is 1. The third kappa shape index (κ3) is 2.71. The molecule has 0 aliphatic heterocycles. The Morgan fingerprint density at radius 3 is 2.63 bits per heavy atom. The topological polar surface area (TPSA) is 68.5 Å². The van der Waals surface area contributed by atoms with Crippen LogP contribution >= 0.6 is 0 Å². The highest BCUT2D eigenvalue weighted by atomic mass is 16.5. The second kappa shape index (κ2) is 5.17. The van der Waals surface area contributed by atoms with Crippen molar-refractivity contribution in [3.63, 3.8) is 0 Å². The van der Waals surface area contributed by atoms with Gasteiger partial charge >= 0.3 is 5.97 Å². The Morgan fingerprint density at radius 1 is 1.47 bits per heavy atom. The summed E-state index contributed by atoms with van der Waals surface area (Å²) in [6, 6.07) is 3.04. The van der Waals surface area contributed by atoms with Crippen molar-refractivity contribution in [1.29, 1.82) is 0 Å². The summed E-state index contributed by atoms with van der Waals surface area (Å²) >= 11 is 0. The zero-order valence-corrected chi connectivity index (χ0v) is 11.3. The quantitative estimate of drug-likeness (QED) is 0.908. The molecule has 0 radical (unpaired) electrons. The van der Waals surface area contributed by atoms with E-state index in [-0.39, 0.29) is 17.2 Å². The number of carboxylic acid groups (broad SMARTS) is 1. The van der Waals surface area contributed by atoms with E-state index >= 15 is 0 Å². The van der Waals surface area contributed by atoms with Gasteiger partial charge in [-0.3, -0.25) is 4.79 Å². The van der Waals surface area contributed by atoms with Gasteiger partial charge in [0.15, 0.2) is 0 Å². The number of methoxy groups -OCH3 is 1. The van der Waals surface area contributed by atoms with Gasteiger partial charge in [0.2, 0.25) is 0 Å². The molecule has 1 heterocycles. The first-order valence-corrected chi connectivity index (χ1v) is 6.46. The molecule has 1 aliphatic carbocycles. The van der Waals surface area contributed by atoms with Crippen LogP contribution in [0.5, 0.6) is 0 Å². The molecule has 5 heteroatoms. The minimum atomic E-state index is -1.17. The molecule has 5 nitrogen and oxygen atoms in total. The lowest BCUT2D eigenvalue weighted by Gasteiger charge is -2.36. The van der Waals surface area contributed by atoms with Gasteiger partial charge in [-0.2, -0.15) is 0 Å². The van der Waals surface area contributed by atoms with Crippen molar-refractivity contribution in [2.45, 2.75) is 44.2 Å². The summed E-state index contributed by atoms with van der Waals surface area (Å²) in [7, 11) is 1.71. The Bertz CT molecular complexity index is 526. The predicted octanol–water partition coefficient (Wildman–Crippen LogP) is 2.07. The highest BCUT2D eigenvalue weighted by Crippen LogP contribution is 2.35. The highest BCUT2D eigenvalue weighted by molar-refractivity contribution is 5.86. The maximum Gasteiger partial charge on any atom is 0.341 e. The summed E-state index contributed by atoms with van der Waals surface area (Å²) in [4.78, 5) is 23.1. The molecule has 1 aliphatic rings. The van der Waals surface area contributed by atoms with Crippen molar-refractivity contribution in [2.24, 2.45) is 0 Å². The summed E-state index contributed by atoms with van der Waals surface area (Å²) in [5.74, 6) is -1.17. The Kier molecular flexibility index (Phi) is 3.75. The number of ether oxygens (including phenoxy) is 1. The molecule has 0 atom stereocenters. The normalized spacial score (nSPS) is 27.2. The molecule has 19 heavy (non-hydrogen) atoms. The van der Waals surface area contributed by atoms with Crippen LogP contribution in [0.2, 0.25) is 0 Å². The number of carboxylic acids is 1. The van der Waals surface area contributed by atoms with Crippen LogP contribution in [0.3, 0.4) is 0 Å². The van der Waals surface area contributed by atoms with Gasteiger partial charge < -0.3 is 14.4 Å². The van der Waals surface area contributed by atoms with E-state index in [1.54, 1.807) is 23.9 Å². The van der Waals surface area contributed by atoms with Crippen LogP contribution in [-0.2, 0) is 4.74 Å². The second-order valence-corrected chi connectivity index (χ2v) is 5.32. The monoisotopic (exact) mass is 265 g/mol. The van der Waals surface area contributed by atoms with Crippen molar-refractivity contribution in [3.8, 4) is 0 Å². The summed E-state index contributed by atoms with van der Waals surface area (Å²) < 4.78 is 7.03. The molecular weight excluding hydrogens is 246 g/mol. The Hall–Kier alpha value is -1.62. The average Bonchev–Trinajstić information content (AvgIpc) is 2.40. The van der Waals surface area contributed by atoms with Crippen molar-refractivity contribution in [3.05, 3.63) is 34.2 Å². The second-order valence-electron chi connectivity index (χ2n) is 5.32. The SMILES string of the molecule is COC1(C)CCC(n2cccc(C(=O)O)c2=O)CC1. The predicted molar refractivity (Wildman–Crippen MR) is 70.6 cm³/mol. The van der Waals surface area contributed by atoms with Crippen LogP contribution < -0.4 is 5.56 Å². The van der Waals surface area contributed by atoms with E-state index in [4.69, 9.17) is 9.84 Å². The molecule has 1 N–H and O–H groups in total. The molecule has 1 saturated carbocycles. The summed E-state index contributed by atoms with van der Waals surface area (Å²) in [5.41, 5.74) is -0.701. The molecule has 2 rings (SSSR count). The number of nitrogens with zero attached hydrogens (tertiary/aromatic N) is 1. The van der Waals surface area contributed by atoms with Crippen LogP contribution in [0.4, 0.5) is 0 Å². The molecule has 0 amide bonds. The molecule has 1 aromatic rings. The largest absolute Gasteiger partial charge is 0.477 e. The lowest BCUT2D eigenvalue weighted by molar-refractivity contribution is -0.0325. The molecule has 0 spiro atoms. The van der Waals surface area contributed by atoms with Crippen molar-refractivity contribution >= 4 is 5.97 Å². The Morgan fingerprint density at radius 2 is 2.11 bits per heavy atom. The molecule has 0 aromatic carbocycles. The van der Waals surface area contributed by atoms with E-state index in [1.807, 2.05) is 0 Å². The minimum Gasteiger partial charge on any atom is -0.477 e. The van der Waals surface area contributed by atoms with Gasteiger partial charge in [0.05, 0.1) is 5.60 Å². The highest BCUT2D eigenvalue weighted by Gasteiger charge is 2.32. The fourth-order valence-electron chi connectivity index (χ4n) is 2.66. The molecule has 0 unspecified atom stereocenters. The number of aromatic nitrogens is 1. The standard InChI is InChI=1S/C14H19NO4/c1-14(19-2)7-5-10(6-8-14)15-9-3-4-11(12(15)16)13(17)18/h3-4,9-10H,5-8H2,1-2H3,(H,17,18). The van der Waals surface area contributed by atoms with E-state index in [0.29, 0.717) is 0 Å². The van der Waals surface area contributed by atoms with Gasteiger partial charge in [-0.05, 0) is 44.7 Å². The van der Waals surface area contributed by atoms with Crippen LogP contribution in [0, 0.1) is 0 Å². The molecule has 1 aromatic heterocycles. The lowest BCUT2D eigenvalue weighted by atomic mass is 9.83. The molecule has 1 fully saturated rings. The molecule has 104 valence electrons. The van der Waals surface area contributed by atoms with Crippen LogP contribution in [0.1, 0.15) is 49.0 Å². The van der Waals surface area contributed by atoms with Gasteiger partial charge in [0.1, 0.15) is 5.56 Å². The fraction of sp³-hybridized carbons (Fsp3) is 0.571. The van der Waals surface area contributed by atoms with Crippen molar-refractivity contribution < 1.29 is 14.6 Å². The number of carbonyl (C=O) groups is 1. The fourth-order valence-corrected chi connectivity index (χ4v) is 2.66. The van der Waals surface area contributed by atoms with Gasteiger partial charge in [-0.15, -0.1) is 0 Å². The summed E-state index contributed by atoms with van der Waals surface area (Å²) in [6.07, 6.45) is 5.07. The molecular formula is C14H19NO4. The van der Waals surface area contributed by atoms with E-state index in [0.717, 1.165) is 25.7 Å². The Balaban J connectivity index is 2.23. The third-order valence-electron chi connectivity index (χ3n) is 4.10. The molecule has 0 saturated heterocycles. The maximum absolute atomic E-state index is 12.1. The lowest BCUT2D eigenvalue weighted by Crippen LogP contribution is -2.37. The van der Waals surface area contributed by atoms with Gasteiger partial charge in [-0.1, -0.05) is 0 Å². The van der Waals surface area contributed by atoms with E-state index in [1.165, 1.54) is 6.07 Å².